The van der Waals surface area contributed by atoms with Crippen LogP contribution in [0.15, 0.2) is 18.2 Å². The second kappa shape index (κ2) is 10.7. The van der Waals surface area contributed by atoms with Crippen LogP contribution in [0.5, 0.6) is 0 Å². The molecule has 36 heavy (non-hydrogen) atoms. The van der Waals surface area contributed by atoms with Crippen LogP contribution in [-0.4, -0.2) is 85.7 Å². The molecule has 12 heteroatoms. The lowest BCUT2D eigenvalue weighted by molar-refractivity contribution is -0.121. The minimum Gasteiger partial charge on any atom is -0.445 e. The smallest absolute Gasteiger partial charge is 0.407 e. The predicted octanol–water partition coefficient (Wildman–Crippen LogP) is 0.479. The van der Waals surface area contributed by atoms with Crippen molar-refractivity contribution in [1.82, 2.24) is 15.5 Å². The number of rotatable bonds is 9. The second-order valence-electron chi connectivity index (χ2n) is 9.97. The van der Waals surface area contributed by atoms with Crippen molar-refractivity contribution in [1.29, 1.82) is 0 Å². The number of anilines is 1. The van der Waals surface area contributed by atoms with Crippen LogP contribution in [0.3, 0.4) is 0 Å². The van der Waals surface area contributed by atoms with Crippen molar-refractivity contribution in [3.05, 3.63) is 29.3 Å². The van der Waals surface area contributed by atoms with Crippen molar-refractivity contribution >= 4 is 33.4 Å². The Hall–Kier alpha value is -2.70. The van der Waals surface area contributed by atoms with Crippen molar-refractivity contribution in [2.75, 3.05) is 36.5 Å². The Bertz CT molecular complexity index is 1130. The van der Waals surface area contributed by atoms with Gasteiger partial charge in [0, 0.05) is 37.3 Å². The maximum atomic E-state index is 13.0. The Morgan fingerprint density at radius 2 is 2.11 bits per heavy atom. The Balaban J connectivity index is 1.46. The molecule has 3 aliphatic heterocycles. The number of nitrogens with zero attached hydrogens (tertiary/aromatic N) is 1. The van der Waals surface area contributed by atoms with E-state index in [1.54, 1.807) is 6.92 Å². The van der Waals surface area contributed by atoms with E-state index in [9.17, 15) is 27.9 Å². The highest BCUT2D eigenvalue weighted by molar-refractivity contribution is 7.91. The summed E-state index contributed by atoms with van der Waals surface area (Å²) in [6, 6.07) is 4.41. The quantitative estimate of drug-likeness (QED) is 0.365. The number of carbonyl (C=O) groups excluding carboxylic acids is 3. The van der Waals surface area contributed by atoms with E-state index >= 15 is 0 Å². The predicted molar refractivity (Wildman–Crippen MR) is 132 cm³/mol. The van der Waals surface area contributed by atoms with Gasteiger partial charge in [-0.3, -0.25) is 14.5 Å². The first-order chi connectivity index (χ1) is 17.0. The molecule has 1 aromatic carbocycles. The molecule has 0 bridgehead atoms. The summed E-state index contributed by atoms with van der Waals surface area (Å²) in [5.74, 6) is -0.477. The molecule has 0 aromatic heterocycles. The van der Waals surface area contributed by atoms with Crippen molar-refractivity contribution in [2.45, 2.75) is 57.4 Å². The number of benzene rings is 1. The number of sulfone groups is 1. The summed E-state index contributed by atoms with van der Waals surface area (Å²) in [7, 11) is -3.19. The molecule has 0 radical (unpaired) electrons. The molecule has 1 unspecified atom stereocenters. The van der Waals surface area contributed by atoms with Gasteiger partial charge in [0.25, 0.3) is 0 Å². The molecule has 4 rings (SSSR count). The van der Waals surface area contributed by atoms with Gasteiger partial charge in [0.2, 0.25) is 11.8 Å². The monoisotopic (exact) mass is 522 g/mol. The second-order valence-corrected chi connectivity index (χ2v) is 12.2. The first-order valence-electron chi connectivity index (χ1n) is 12.3. The maximum Gasteiger partial charge on any atom is 0.407 e. The summed E-state index contributed by atoms with van der Waals surface area (Å²) in [5, 5.41) is 19.5. The number of carbonyl (C=O) groups is 3. The summed E-state index contributed by atoms with van der Waals surface area (Å²) in [5.41, 5.74) is 2.54. The normalized spacial score (nSPS) is 26.3. The Morgan fingerprint density at radius 1 is 1.33 bits per heavy atom. The zero-order valence-corrected chi connectivity index (χ0v) is 21.3. The number of hydrogen-bond donors (Lipinski definition) is 4. The van der Waals surface area contributed by atoms with Gasteiger partial charge < -0.3 is 25.8 Å². The number of amides is 3. The molecule has 3 aliphatic rings. The number of nitrogens with one attached hydrogen (secondary N) is 3. The molecule has 0 saturated carbocycles. The van der Waals surface area contributed by atoms with E-state index in [0.717, 1.165) is 16.8 Å². The number of aliphatic hydroxyl groups excluding tert-OH is 1. The van der Waals surface area contributed by atoms with E-state index in [2.05, 4.69) is 16.0 Å². The summed E-state index contributed by atoms with van der Waals surface area (Å²) >= 11 is 0. The molecular weight excluding hydrogens is 488 g/mol. The van der Waals surface area contributed by atoms with Gasteiger partial charge in [0.05, 0.1) is 23.7 Å². The largest absolute Gasteiger partial charge is 0.445 e. The molecule has 11 nitrogen and oxygen atoms in total. The zero-order chi connectivity index (χ0) is 26.0. The van der Waals surface area contributed by atoms with E-state index in [0.29, 0.717) is 25.9 Å². The van der Waals surface area contributed by atoms with Gasteiger partial charge in [-0.1, -0.05) is 19.1 Å². The summed E-state index contributed by atoms with van der Waals surface area (Å²) < 4.78 is 28.5. The van der Waals surface area contributed by atoms with E-state index in [1.165, 1.54) is 0 Å². The van der Waals surface area contributed by atoms with Gasteiger partial charge in [-0.05, 0) is 37.3 Å². The van der Waals surface area contributed by atoms with Gasteiger partial charge in [0.1, 0.15) is 12.1 Å². The van der Waals surface area contributed by atoms with E-state index in [-0.39, 0.29) is 42.2 Å². The van der Waals surface area contributed by atoms with Gasteiger partial charge in [-0.2, -0.15) is 0 Å². The van der Waals surface area contributed by atoms with Crippen LogP contribution in [-0.2, 0) is 24.2 Å². The van der Waals surface area contributed by atoms with E-state index in [1.807, 2.05) is 30.0 Å². The summed E-state index contributed by atoms with van der Waals surface area (Å²) in [6.07, 6.45) is -1.53. The Labute approximate surface area is 210 Å². The van der Waals surface area contributed by atoms with Crippen LogP contribution in [0.4, 0.5) is 10.5 Å². The highest BCUT2D eigenvalue weighted by Gasteiger charge is 2.39. The number of aliphatic hydroxyl groups is 1. The van der Waals surface area contributed by atoms with Crippen molar-refractivity contribution in [2.24, 2.45) is 5.92 Å². The van der Waals surface area contributed by atoms with Crippen molar-refractivity contribution < 1.29 is 32.6 Å². The molecule has 5 atom stereocenters. The third-order valence-electron chi connectivity index (χ3n) is 7.02. The Kier molecular flexibility index (Phi) is 7.86. The molecule has 3 heterocycles. The van der Waals surface area contributed by atoms with Crippen LogP contribution in [0.2, 0.25) is 0 Å². The number of alkyl carbamates (subject to hydrolysis) is 1. The highest BCUT2D eigenvalue weighted by atomic mass is 32.2. The molecular formula is C24H34N4O7S. The van der Waals surface area contributed by atoms with E-state index in [4.69, 9.17) is 4.74 Å². The minimum atomic E-state index is -3.19. The topological polar surface area (TPSA) is 154 Å². The lowest BCUT2D eigenvalue weighted by Crippen LogP contribution is -2.50. The zero-order valence-electron chi connectivity index (χ0n) is 20.5. The van der Waals surface area contributed by atoms with Crippen molar-refractivity contribution in [3.63, 3.8) is 0 Å². The first-order valence-corrected chi connectivity index (χ1v) is 14.1. The van der Waals surface area contributed by atoms with Crippen LogP contribution in [0.25, 0.3) is 0 Å². The maximum absolute atomic E-state index is 13.0. The molecule has 2 saturated heterocycles. The molecule has 198 valence electrons. The van der Waals surface area contributed by atoms with E-state index < -0.39 is 40.2 Å². The van der Waals surface area contributed by atoms with Crippen LogP contribution in [0.1, 0.15) is 43.4 Å². The molecule has 2 fully saturated rings. The van der Waals surface area contributed by atoms with Crippen LogP contribution >= 0.6 is 0 Å². The van der Waals surface area contributed by atoms with Gasteiger partial charge in [-0.25, -0.2) is 13.2 Å². The molecule has 1 aromatic rings. The van der Waals surface area contributed by atoms with Gasteiger partial charge in [0.15, 0.2) is 9.84 Å². The first kappa shape index (κ1) is 26.4. The molecule has 0 spiro atoms. The highest BCUT2D eigenvalue weighted by Crippen LogP contribution is 2.36. The number of ether oxygens (including phenoxy) is 1. The van der Waals surface area contributed by atoms with Crippen molar-refractivity contribution in [3.8, 4) is 0 Å². The standard InChI is InChI=1S/C24H34N4O7S/c1-3-18(27-24(32)35-16-6-7-36(33,34)13-16)20(29)12-28(11-15-9-21(30)25-10-15)22-17-5-4-14(2)8-19(17)26-23(22)31/h4-5,8,15-16,18,20,22,29H,3,6-7,9-13H2,1-2H3,(H,25,30)(H,26,31)(H,27,32)/t15?,16-,18-,20+,22-/m0/s1. The van der Waals surface area contributed by atoms with Crippen LogP contribution < -0.4 is 16.0 Å². The molecule has 0 aliphatic carbocycles. The van der Waals surface area contributed by atoms with Gasteiger partial charge in [-0.15, -0.1) is 0 Å². The fraction of sp³-hybridized carbons (Fsp3) is 0.625. The number of fused-ring (bicyclic) bond motifs is 1. The average Bonchev–Trinajstić information content (AvgIpc) is 3.46. The lowest BCUT2D eigenvalue weighted by Gasteiger charge is -2.34. The van der Waals surface area contributed by atoms with Crippen LogP contribution in [0, 0.1) is 12.8 Å². The lowest BCUT2D eigenvalue weighted by atomic mass is 10.00. The number of aryl methyl sites for hydroxylation is 1. The van der Waals surface area contributed by atoms with Gasteiger partial charge >= 0.3 is 6.09 Å². The summed E-state index contributed by atoms with van der Waals surface area (Å²) in [4.78, 5) is 39.1. The summed E-state index contributed by atoms with van der Waals surface area (Å²) in [6.45, 7) is 4.72. The fourth-order valence-corrected chi connectivity index (χ4v) is 6.75. The Morgan fingerprint density at radius 3 is 2.75 bits per heavy atom. The number of hydrogen-bond acceptors (Lipinski definition) is 8. The fourth-order valence-electron chi connectivity index (χ4n) is 5.16. The third kappa shape index (κ3) is 6.16. The average molecular weight is 523 g/mol. The SMILES string of the molecule is CC[C@H](NC(=O)O[C@H]1CCS(=O)(=O)C1)[C@H](O)CN(CC1CNC(=O)C1)[C@@H]1C(=O)Nc2cc(C)ccc21. The molecule has 4 N–H and O–H groups in total. The third-order valence-corrected chi connectivity index (χ3v) is 8.76. The molecule has 3 amide bonds. The minimum absolute atomic E-state index is 0.0112.